The van der Waals surface area contributed by atoms with E-state index in [2.05, 4.69) is 26.6 Å². The smallest absolute Gasteiger partial charge is 0.322 e. The van der Waals surface area contributed by atoms with Gasteiger partial charge in [0.2, 0.25) is 5.91 Å². The summed E-state index contributed by atoms with van der Waals surface area (Å²) >= 11 is 9.39. The van der Waals surface area contributed by atoms with Gasteiger partial charge in [-0.05, 0) is 49.2 Å². The number of amides is 4. The van der Waals surface area contributed by atoms with E-state index >= 15 is 0 Å². The van der Waals surface area contributed by atoms with Crippen LogP contribution >= 0.6 is 27.5 Å². The summed E-state index contributed by atoms with van der Waals surface area (Å²) in [7, 11) is 0. The number of halogens is 2. The molecule has 1 heterocycles. The Hall–Kier alpha value is -2.58. The quantitative estimate of drug-likeness (QED) is 0.531. The number of anilines is 1. The fourth-order valence-electron chi connectivity index (χ4n) is 3.96. The van der Waals surface area contributed by atoms with Gasteiger partial charge in [-0.25, -0.2) is 4.79 Å². The Morgan fingerprint density at radius 1 is 1.15 bits per heavy atom. The van der Waals surface area contributed by atoms with Crippen molar-refractivity contribution in [1.29, 1.82) is 0 Å². The van der Waals surface area contributed by atoms with Crippen molar-refractivity contribution in [2.75, 3.05) is 25.0 Å². The molecular weight excluding hydrogens is 520 g/mol. The molecule has 2 N–H and O–H groups in total. The number of rotatable bonds is 6. The van der Waals surface area contributed by atoms with Gasteiger partial charge in [-0.2, -0.15) is 0 Å². The average Bonchev–Trinajstić information content (AvgIpc) is 2.81. The van der Waals surface area contributed by atoms with Gasteiger partial charge < -0.3 is 20.4 Å². The fourth-order valence-corrected chi connectivity index (χ4v) is 4.54. The topological polar surface area (TPSA) is 81.8 Å². The molecule has 7 nitrogen and oxygen atoms in total. The Morgan fingerprint density at radius 3 is 2.53 bits per heavy atom. The lowest BCUT2D eigenvalue weighted by atomic mass is 9.96. The zero-order valence-electron chi connectivity index (χ0n) is 19.6. The normalized spacial score (nSPS) is 17.6. The third-order valence-electron chi connectivity index (χ3n) is 6.13. The summed E-state index contributed by atoms with van der Waals surface area (Å²) in [6.07, 6.45) is 0.743. The molecule has 1 saturated heterocycles. The molecule has 0 spiro atoms. The molecule has 0 unspecified atom stereocenters. The van der Waals surface area contributed by atoms with E-state index in [9.17, 15) is 14.4 Å². The highest BCUT2D eigenvalue weighted by atomic mass is 79.9. The van der Waals surface area contributed by atoms with E-state index in [1.807, 2.05) is 26.8 Å². The highest BCUT2D eigenvalue weighted by Gasteiger charge is 2.35. The molecule has 0 bridgehead atoms. The molecular formula is C25H30BrClN4O3. The van der Waals surface area contributed by atoms with Crippen molar-refractivity contribution in [2.24, 2.45) is 5.92 Å². The van der Waals surface area contributed by atoms with Gasteiger partial charge in [0.25, 0.3) is 5.91 Å². The summed E-state index contributed by atoms with van der Waals surface area (Å²) in [5, 5.41) is 6.35. The second kappa shape index (κ2) is 11.7. The standard InChI is InChI=1S/C25H30BrClN4O3/c1-4-16(2)22(29-23(32)18-7-5-8-19(26)13-18)24(33)30-11-12-31(17(3)15-30)25(34)28-21-10-6-9-20(27)14-21/h5-10,13-14,16-17,22H,4,11-12,15H2,1-3H3,(H,28,34)(H,29,32)/t16-,17+,22+/m0/s1. The molecule has 182 valence electrons. The molecule has 34 heavy (non-hydrogen) atoms. The van der Waals surface area contributed by atoms with Crippen LogP contribution in [-0.4, -0.2) is 59.4 Å². The first-order valence-corrected chi connectivity index (χ1v) is 12.5. The molecule has 3 rings (SSSR count). The van der Waals surface area contributed by atoms with Crippen molar-refractivity contribution in [3.8, 4) is 0 Å². The monoisotopic (exact) mass is 548 g/mol. The summed E-state index contributed by atoms with van der Waals surface area (Å²) in [5.74, 6) is -0.449. The van der Waals surface area contributed by atoms with Crippen LogP contribution in [0.5, 0.6) is 0 Å². The van der Waals surface area contributed by atoms with E-state index in [1.165, 1.54) is 0 Å². The molecule has 0 radical (unpaired) electrons. The first kappa shape index (κ1) is 26.0. The van der Waals surface area contributed by atoms with Gasteiger partial charge in [-0.1, -0.05) is 59.9 Å². The van der Waals surface area contributed by atoms with E-state index in [4.69, 9.17) is 11.6 Å². The lowest BCUT2D eigenvalue weighted by molar-refractivity contribution is -0.136. The Labute approximate surface area is 214 Å². The van der Waals surface area contributed by atoms with E-state index in [1.54, 1.807) is 52.3 Å². The first-order chi connectivity index (χ1) is 16.2. The number of urea groups is 1. The molecule has 1 aliphatic heterocycles. The van der Waals surface area contributed by atoms with E-state index < -0.39 is 6.04 Å². The predicted octanol–water partition coefficient (Wildman–Crippen LogP) is 5.01. The molecule has 0 aliphatic carbocycles. The fraction of sp³-hybridized carbons (Fsp3) is 0.400. The van der Waals surface area contributed by atoms with Crippen LogP contribution in [0.15, 0.2) is 53.0 Å². The zero-order chi connectivity index (χ0) is 24.8. The van der Waals surface area contributed by atoms with Crippen LogP contribution in [0.25, 0.3) is 0 Å². The van der Waals surface area contributed by atoms with Crippen molar-refractivity contribution >= 4 is 51.1 Å². The second-order valence-electron chi connectivity index (χ2n) is 8.61. The maximum Gasteiger partial charge on any atom is 0.322 e. The molecule has 3 atom stereocenters. The highest BCUT2D eigenvalue weighted by Crippen LogP contribution is 2.20. The number of benzene rings is 2. The Balaban J connectivity index is 1.65. The minimum absolute atomic E-state index is 0.0388. The molecule has 1 aliphatic rings. The number of nitrogens with one attached hydrogen (secondary N) is 2. The number of carbonyl (C=O) groups is 3. The van der Waals surface area contributed by atoms with E-state index in [0.29, 0.717) is 35.9 Å². The first-order valence-electron chi connectivity index (χ1n) is 11.4. The lowest BCUT2D eigenvalue weighted by Crippen LogP contribution is -2.60. The van der Waals surface area contributed by atoms with Gasteiger partial charge in [0.05, 0.1) is 0 Å². The van der Waals surface area contributed by atoms with Gasteiger partial charge in [0.1, 0.15) is 6.04 Å². The third kappa shape index (κ3) is 6.51. The van der Waals surface area contributed by atoms with E-state index in [0.717, 1.165) is 10.9 Å². The number of hydrogen-bond donors (Lipinski definition) is 2. The summed E-state index contributed by atoms with van der Waals surface area (Å²) in [4.78, 5) is 42.5. The maximum atomic E-state index is 13.5. The number of hydrogen-bond acceptors (Lipinski definition) is 3. The van der Waals surface area contributed by atoms with E-state index in [-0.39, 0.29) is 29.8 Å². The SMILES string of the molecule is CC[C@H](C)[C@@H](NC(=O)c1cccc(Br)c1)C(=O)N1CCN(C(=O)Nc2cccc(Cl)c2)[C@H](C)C1. The van der Waals surface area contributed by atoms with Crippen LogP contribution in [0.1, 0.15) is 37.6 Å². The van der Waals surface area contributed by atoms with Crippen LogP contribution in [0, 0.1) is 5.92 Å². The van der Waals surface area contributed by atoms with Crippen molar-refractivity contribution in [1.82, 2.24) is 15.1 Å². The number of nitrogens with zero attached hydrogens (tertiary/aromatic N) is 2. The zero-order valence-corrected chi connectivity index (χ0v) is 21.9. The summed E-state index contributed by atoms with van der Waals surface area (Å²) in [6.45, 7) is 7.05. The van der Waals surface area contributed by atoms with Gasteiger partial charge in [-0.15, -0.1) is 0 Å². The highest BCUT2D eigenvalue weighted by molar-refractivity contribution is 9.10. The largest absolute Gasteiger partial charge is 0.340 e. The maximum absolute atomic E-state index is 13.5. The van der Waals surface area contributed by atoms with Crippen LogP contribution in [0.2, 0.25) is 5.02 Å². The Morgan fingerprint density at radius 2 is 1.88 bits per heavy atom. The molecule has 0 saturated carbocycles. The molecule has 4 amide bonds. The van der Waals surface area contributed by atoms with Crippen LogP contribution in [-0.2, 0) is 4.79 Å². The van der Waals surface area contributed by atoms with Crippen molar-refractivity contribution in [2.45, 2.75) is 39.3 Å². The molecule has 1 fully saturated rings. The van der Waals surface area contributed by atoms with Crippen LogP contribution in [0.3, 0.4) is 0 Å². The van der Waals surface area contributed by atoms with Gasteiger partial charge in [-0.3, -0.25) is 9.59 Å². The summed E-state index contributed by atoms with van der Waals surface area (Å²) in [6, 6.07) is 13.0. The van der Waals surface area contributed by atoms with Crippen molar-refractivity contribution in [3.05, 3.63) is 63.6 Å². The van der Waals surface area contributed by atoms with Gasteiger partial charge >= 0.3 is 6.03 Å². The van der Waals surface area contributed by atoms with Crippen molar-refractivity contribution < 1.29 is 14.4 Å². The van der Waals surface area contributed by atoms with Gasteiger partial charge in [0.15, 0.2) is 0 Å². The molecule has 0 aromatic heterocycles. The average molecular weight is 550 g/mol. The predicted molar refractivity (Wildman–Crippen MR) is 138 cm³/mol. The summed E-state index contributed by atoms with van der Waals surface area (Å²) < 4.78 is 0.799. The van der Waals surface area contributed by atoms with Crippen LogP contribution < -0.4 is 10.6 Å². The van der Waals surface area contributed by atoms with Crippen LogP contribution in [0.4, 0.5) is 10.5 Å². The minimum atomic E-state index is -0.643. The Kier molecular flexibility index (Phi) is 8.97. The summed E-state index contributed by atoms with van der Waals surface area (Å²) in [5.41, 5.74) is 1.11. The molecule has 2 aromatic rings. The molecule has 2 aromatic carbocycles. The Bertz CT molecular complexity index is 1050. The minimum Gasteiger partial charge on any atom is -0.340 e. The number of carbonyl (C=O) groups excluding carboxylic acids is 3. The molecule has 9 heteroatoms. The lowest BCUT2D eigenvalue weighted by Gasteiger charge is -2.41. The third-order valence-corrected chi connectivity index (χ3v) is 6.86. The second-order valence-corrected chi connectivity index (χ2v) is 9.97. The number of piperazine rings is 1. The van der Waals surface area contributed by atoms with Crippen molar-refractivity contribution in [3.63, 3.8) is 0 Å². The van der Waals surface area contributed by atoms with Gasteiger partial charge in [0, 0.05) is 46.4 Å².